The van der Waals surface area contributed by atoms with E-state index >= 15 is 0 Å². The van der Waals surface area contributed by atoms with Gasteiger partial charge in [0, 0.05) is 25.4 Å². The molecule has 0 saturated carbocycles. The number of hydrogen-bond acceptors (Lipinski definition) is 5. The van der Waals surface area contributed by atoms with Crippen LogP contribution in [0.25, 0.3) is 0 Å². The minimum atomic E-state index is -0.488. The highest BCUT2D eigenvalue weighted by Gasteiger charge is 2.38. The first kappa shape index (κ1) is 14.6. The number of carbonyl (C=O) groups is 1. The predicted molar refractivity (Wildman–Crippen MR) is 79.2 cm³/mol. The molecule has 1 saturated heterocycles. The van der Waals surface area contributed by atoms with Gasteiger partial charge in [-0.05, 0) is 25.8 Å². The van der Waals surface area contributed by atoms with Crippen molar-refractivity contribution in [2.45, 2.75) is 25.4 Å². The summed E-state index contributed by atoms with van der Waals surface area (Å²) in [6.45, 7) is 2.88. The third-order valence-electron chi connectivity index (χ3n) is 4.02. The molecule has 1 aliphatic heterocycles. The van der Waals surface area contributed by atoms with Crippen molar-refractivity contribution in [3.05, 3.63) is 41.5 Å². The summed E-state index contributed by atoms with van der Waals surface area (Å²) < 4.78 is 7.71. The second-order valence-electron chi connectivity index (χ2n) is 5.56. The molecule has 1 atom stereocenters. The lowest BCUT2D eigenvalue weighted by Gasteiger charge is -2.27. The van der Waals surface area contributed by atoms with E-state index in [1.165, 1.54) is 6.20 Å². The quantitative estimate of drug-likeness (QED) is 0.909. The van der Waals surface area contributed by atoms with Gasteiger partial charge in [0.1, 0.15) is 5.60 Å². The molecule has 3 rings (SSSR count). The number of carbonyl (C=O) groups excluding carboxylic acids is 1. The number of nitrogens with one attached hydrogen (secondary N) is 1. The van der Waals surface area contributed by atoms with Crippen LogP contribution in [0.3, 0.4) is 0 Å². The summed E-state index contributed by atoms with van der Waals surface area (Å²) in [6.07, 6.45) is 7.10. The van der Waals surface area contributed by atoms with Gasteiger partial charge in [0.05, 0.1) is 30.2 Å². The molecule has 0 bridgehead atoms. The molecular formula is C15H19N5O2. The van der Waals surface area contributed by atoms with Crippen molar-refractivity contribution in [1.82, 2.24) is 25.3 Å². The second kappa shape index (κ2) is 5.84. The van der Waals surface area contributed by atoms with E-state index < -0.39 is 5.60 Å². The number of ether oxygens (including phenoxy) is 1. The van der Waals surface area contributed by atoms with Crippen molar-refractivity contribution in [2.75, 3.05) is 13.2 Å². The van der Waals surface area contributed by atoms with Gasteiger partial charge in [-0.2, -0.15) is 15.3 Å². The number of rotatable bonds is 4. The fourth-order valence-electron chi connectivity index (χ4n) is 2.78. The Morgan fingerprint density at radius 3 is 3.05 bits per heavy atom. The Hall–Kier alpha value is -2.28. The molecule has 7 nitrogen and oxygen atoms in total. The molecule has 0 spiro atoms. The molecule has 0 aliphatic carbocycles. The van der Waals surface area contributed by atoms with Crippen LogP contribution < -0.4 is 5.32 Å². The van der Waals surface area contributed by atoms with E-state index in [0.29, 0.717) is 24.4 Å². The fraction of sp³-hybridized carbons (Fsp3) is 0.467. The van der Waals surface area contributed by atoms with Crippen LogP contribution in [0.2, 0.25) is 0 Å². The Bertz CT molecular complexity index is 676. The normalized spacial score (nSPS) is 21.0. The summed E-state index contributed by atoms with van der Waals surface area (Å²) in [5.41, 5.74) is 1.66. The third-order valence-corrected chi connectivity index (χ3v) is 4.02. The van der Waals surface area contributed by atoms with Gasteiger partial charge in [-0.3, -0.25) is 9.48 Å². The Morgan fingerprint density at radius 2 is 2.41 bits per heavy atom. The number of hydrogen-bond donors (Lipinski definition) is 1. The highest BCUT2D eigenvalue weighted by Crippen LogP contribution is 2.35. The van der Waals surface area contributed by atoms with E-state index in [1.54, 1.807) is 23.9 Å². The third kappa shape index (κ3) is 2.71. The fourth-order valence-corrected chi connectivity index (χ4v) is 2.78. The number of amides is 1. The monoisotopic (exact) mass is 301 g/mol. The zero-order valence-corrected chi connectivity index (χ0v) is 12.7. The van der Waals surface area contributed by atoms with E-state index in [-0.39, 0.29) is 5.91 Å². The van der Waals surface area contributed by atoms with E-state index in [4.69, 9.17) is 4.74 Å². The van der Waals surface area contributed by atoms with Gasteiger partial charge >= 0.3 is 0 Å². The average molecular weight is 301 g/mol. The molecule has 0 radical (unpaired) electrons. The molecule has 7 heteroatoms. The van der Waals surface area contributed by atoms with Crippen molar-refractivity contribution in [3.63, 3.8) is 0 Å². The summed E-state index contributed by atoms with van der Waals surface area (Å²) >= 11 is 0. The first-order chi connectivity index (χ1) is 10.6. The van der Waals surface area contributed by atoms with Gasteiger partial charge in [0.25, 0.3) is 5.91 Å². The van der Waals surface area contributed by atoms with Gasteiger partial charge in [0.2, 0.25) is 0 Å². The zero-order valence-electron chi connectivity index (χ0n) is 12.7. The van der Waals surface area contributed by atoms with Crippen LogP contribution >= 0.6 is 0 Å². The summed E-state index contributed by atoms with van der Waals surface area (Å²) in [7, 11) is 1.87. The molecule has 1 aliphatic rings. The minimum absolute atomic E-state index is 0.161. The van der Waals surface area contributed by atoms with Crippen molar-refractivity contribution < 1.29 is 9.53 Å². The Balaban J connectivity index is 1.76. The molecule has 116 valence electrons. The van der Waals surface area contributed by atoms with Crippen LogP contribution in [-0.2, 0) is 17.4 Å². The second-order valence-corrected chi connectivity index (χ2v) is 5.56. The molecule has 1 N–H and O–H groups in total. The Labute approximate surface area is 128 Å². The van der Waals surface area contributed by atoms with Crippen LogP contribution in [0, 0.1) is 6.92 Å². The zero-order chi connectivity index (χ0) is 15.6. The number of aromatic nitrogens is 4. The molecule has 0 aromatic carbocycles. The maximum atomic E-state index is 12.3. The Kier molecular flexibility index (Phi) is 3.89. The summed E-state index contributed by atoms with van der Waals surface area (Å²) in [5.74, 6) is -0.161. The summed E-state index contributed by atoms with van der Waals surface area (Å²) in [6, 6.07) is 1.67. The lowest BCUT2D eigenvalue weighted by molar-refractivity contribution is 0.00129. The maximum absolute atomic E-state index is 12.3. The van der Waals surface area contributed by atoms with E-state index in [1.807, 2.05) is 13.2 Å². The highest BCUT2D eigenvalue weighted by molar-refractivity contribution is 5.95. The van der Waals surface area contributed by atoms with E-state index in [2.05, 4.69) is 20.6 Å². The van der Waals surface area contributed by atoms with E-state index in [9.17, 15) is 4.79 Å². The van der Waals surface area contributed by atoms with Crippen molar-refractivity contribution >= 4 is 5.91 Å². The van der Waals surface area contributed by atoms with Gasteiger partial charge in [0.15, 0.2) is 0 Å². The van der Waals surface area contributed by atoms with Crippen molar-refractivity contribution in [3.8, 4) is 0 Å². The Morgan fingerprint density at radius 1 is 1.55 bits per heavy atom. The van der Waals surface area contributed by atoms with E-state index in [0.717, 1.165) is 18.4 Å². The molecular weight excluding hydrogens is 282 g/mol. The first-order valence-electron chi connectivity index (χ1n) is 7.30. The smallest absolute Gasteiger partial charge is 0.253 e. The molecule has 22 heavy (non-hydrogen) atoms. The standard InChI is InChI=1S/C15H19N5O2/c1-11-13(4-6-17-19-11)14(21)16-10-15(5-3-7-22-15)12-8-18-20(2)9-12/h4,6,8-9H,3,5,7,10H2,1-2H3,(H,16,21). The predicted octanol–water partition coefficient (Wildman–Crippen LogP) is 0.954. The largest absolute Gasteiger partial charge is 0.368 e. The lowest BCUT2D eigenvalue weighted by atomic mass is 9.93. The van der Waals surface area contributed by atoms with Gasteiger partial charge in [-0.15, -0.1) is 0 Å². The molecule has 1 fully saturated rings. The number of aryl methyl sites for hydroxylation is 2. The SMILES string of the molecule is Cc1nnccc1C(=O)NCC1(c2cnn(C)c2)CCCO1. The average Bonchev–Trinajstić information content (AvgIpc) is 3.15. The first-order valence-corrected chi connectivity index (χ1v) is 7.30. The van der Waals surface area contributed by atoms with Crippen LogP contribution in [-0.4, -0.2) is 39.0 Å². The molecule has 1 unspecified atom stereocenters. The molecule has 2 aromatic rings. The lowest BCUT2D eigenvalue weighted by Crippen LogP contribution is -2.40. The summed E-state index contributed by atoms with van der Waals surface area (Å²) in [4.78, 5) is 12.3. The van der Waals surface area contributed by atoms with Crippen LogP contribution in [0.4, 0.5) is 0 Å². The number of nitrogens with zero attached hydrogens (tertiary/aromatic N) is 4. The van der Waals surface area contributed by atoms with Gasteiger partial charge in [-0.1, -0.05) is 0 Å². The summed E-state index contributed by atoms with van der Waals surface area (Å²) in [5, 5.41) is 14.8. The minimum Gasteiger partial charge on any atom is -0.368 e. The molecule has 3 heterocycles. The highest BCUT2D eigenvalue weighted by atomic mass is 16.5. The topological polar surface area (TPSA) is 81.9 Å². The van der Waals surface area contributed by atoms with Crippen LogP contribution in [0.5, 0.6) is 0 Å². The van der Waals surface area contributed by atoms with Crippen LogP contribution in [0.1, 0.15) is 34.5 Å². The van der Waals surface area contributed by atoms with Gasteiger partial charge in [-0.25, -0.2) is 0 Å². The van der Waals surface area contributed by atoms with Crippen LogP contribution in [0.15, 0.2) is 24.7 Å². The molecule has 2 aromatic heterocycles. The maximum Gasteiger partial charge on any atom is 0.253 e. The van der Waals surface area contributed by atoms with Crippen molar-refractivity contribution in [2.24, 2.45) is 7.05 Å². The van der Waals surface area contributed by atoms with Gasteiger partial charge < -0.3 is 10.1 Å². The van der Waals surface area contributed by atoms with Crippen molar-refractivity contribution in [1.29, 1.82) is 0 Å². The molecule has 1 amide bonds.